The highest BCUT2D eigenvalue weighted by atomic mass is 16.5. The Hall–Kier alpha value is -1.39. The van der Waals surface area contributed by atoms with E-state index in [0.717, 1.165) is 51.4 Å². The highest BCUT2D eigenvalue weighted by molar-refractivity contribution is 5.92. The van der Waals surface area contributed by atoms with Crippen LogP contribution in [0.15, 0.2) is 30.3 Å². The zero-order valence-electron chi connectivity index (χ0n) is 12.7. The van der Waals surface area contributed by atoms with Gasteiger partial charge in [0.05, 0.1) is 13.2 Å². The van der Waals surface area contributed by atoms with Gasteiger partial charge in [-0.1, -0.05) is 25.1 Å². The molecular weight excluding hydrogens is 264 g/mol. The van der Waals surface area contributed by atoms with Crippen molar-refractivity contribution in [1.29, 1.82) is 0 Å². The molecule has 4 nitrogen and oxygen atoms in total. The fraction of sp³-hybridized carbons (Fsp3) is 0.588. The summed E-state index contributed by atoms with van der Waals surface area (Å²) < 4.78 is 5.31. The number of benzene rings is 1. The Kier molecular flexibility index (Phi) is 4.27. The largest absolute Gasteiger partial charge is 0.380 e. The van der Waals surface area contributed by atoms with Crippen molar-refractivity contribution in [2.45, 2.75) is 19.8 Å². The number of carbonyl (C=O) groups is 1. The molecule has 1 amide bonds. The molecule has 2 aliphatic heterocycles. The Morgan fingerprint density at radius 1 is 1.29 bits per heavy atom. The van der Waals surface area contributed by atoms with Crippen LogP contribution in [0.3, 0.4) is 0 Å². The van der Waals surface area contributed by atoms with Gasteiger partial charge in [0.2, 0.25) is 5.91 Å². The Balaban J connectivity index is 1.45. The molecule has 0 radical (unpaired) electrons. The Labute approximate surface area is 126 Å². The quantitative estimate of drug-likeness (QED) is 0.925. The van der Waals surface area contributed by atoms with Crippen LogP contribution < -0.4 is 5.32 Å². The maximum atomic E-state index is 12.3. The van der Waals surface area contributed by atoms with Crippen LogP contribution in [0.2, 0.25) is 0 Å². The van der Waals surface area contributed by atoms with Gasteiger partial charge in [-0.3, -0.25) is 4.79 Å². The first-order valence-corrected chi connectivity index (χ1v) is 7.81. The number of ether oxygens (including phenoxy) is 1. The predicted molar refractivity (Wildman–Crippen MR) is 83.2 cm³/mol. The lowest BCUT2D eigenvalue weighted by atomic mass is 9.86. The van der Waals surface area contributed by atoms with Crippen molar-refractivity contribution in [2.75, 3.05) is 38.2 Å². The summed E-state index contributed by atoms with van der Waals surface area (Å²) in [5.41, 5.74) is 1.23. The van der Waals surface area contributed by atoms with Crippen molar-refractivity contribution >= 4 is 11.6 Å². The van der Waals surface area contributed by atoms with E-state index in [-0.39, 0.29) is 11.8 Å². The third-order valence-electron chi connectivity index (χ3n) is 4.51. The summed E-state index contributed by atoms with van der Waals surface area (Å²) in [7, 11) is 0. The Morgan fingerprint density at radius 2 is 1.95 bits per heavy atom. The van der Waals surface area contributed by atoms with Gasteiger partial charge in [0.15, 0.2) is 0 Å². The molecule has 0 atom stereocenters. The van der Waals surface area contributed by atoms with Crippen molar-refractivity contribution in [2.24, 2.45) is 11.3 Å². The number of amides is 1. The van der Waals surface area contributed by atoms with E-state index in [2.05, 4.69) is 17.1 Å². The van der Waals surface area contributed by atoms with Gasteiger partial charge in [-0.25, -0.2) is 0 Å². The van der Waals surface area contributed by atoms with Crippen molar-refractivity contribution in [3.05, 3.63) is 30.3 Å². The molecule has 4 heteroatoms. The molecule has 0 unspecified atom stereocenters. The number of hydrogen-bond donors (Lipinski definition) is 1. The molecule has 21 heavy (non-hydrogen) atoms. The fourth-order valence-electron chi connectivity index (χ4n) is 3.20. The molecule has 1 aromatic rings. The topological polar surface area (TPSA) is 41.6 Å². The fourth-order valence-corrected chi connectivity index (χ4v) is 3.20. The van der Waals surface area contributed by atoms with Gasteiger partial charge in [-0.15, -0.1) is 0 Å². The highest BCUT2D eigenvalue weighted by Crippen LogP contribution is 2.29. The number of anilines is 1. The smallest absolute Gasteiger partial charge is 0.227 e. The molecule has 2 saturated heterocycles. The first kappa shape index (κ1) is 14.5. The molecule has 1 N–H and O–H groups in total. The van der Waals surface area contributed by atoms with Crippen LogP contribution in [0.25, 0.3) is 0 Å². The first-order valence-electron chi connectivity index (χ1n) is 7.81. The molecule has 0 saturated carbocycles. The molecule has 0 aliphatic carbocycles. The van der Waals surface area contributed by atoms with Crippen molar-refractivity contribution < 1.29 is 9.53 Å². The maximum Gasteiger partial charge on any atom is 0.227 e. The Morgan fingerprint density at radius 3 is 2.52 bits per heavy atom. The number of nitrogens with zero attached hydrogens (tertiary/aromatic N) is 1. The number of carbonyl (C=O) groups excluding carboxylic acids is 1. The molecule has 114 valence electrons. The van der Waals surface area contributed by atoms with Gasteiger partial charge in [0.25, 0.3) is 0 Å². The molecule has 0 aromatic heterocycles. The van der Waals surface area contributed by atoms with Crippen LogP contribution in [0.1, 0.15) is 19.8 Å². The van der Waals surface area contributed by atoms with Crippen molar-refractivity contribution in [3.8, 4) is 0 Å². The Bertz CT molecular complexity index is 477. The number of para-hydroxylation sites is 1. The average molecular weight is 288 g/mol. The van der Waals surface area contributed by atoms with Gasteiger partial charge in [0, 0.05) is 23.6 Å². The minimum Gasteiger partial charge on any atom is -0.380 e. The molecule has 0 spiro atoms. The molecular formula is C17H24N2O2. The SMILES string of the molecule is CC1(CN2CCC(C(=O)Nc3ccccc3)CC2)COC1. The van der Waals surface area contributed by atoms with E-state index < -0.39 is 0 Å². The lowest BCUT2D eigenvalue weighted by Gasteiger charge is -2.43. The van der Waals surface area contributed by atoms with Crippen LogP contribution in [-0.2, 0) is 9.53 Å². The van der Waals surface area contributed by atoms with Crippen LogP contribution in [-0.4, -0.2) is 43.7 Å². The van der Waals surface area contributed by atoms with Crippen LogP contribution >= 0.6 is 0 Å². The average Bonchev–Trinajstić information content (AvgIpc) is 2.47. The van der Waals surface area contributed by atoms with Crippen LogP contribution in [0, 0.1) is 11.3 Å². The molecule has 2 heterocycles. The summed E-state index contributed by atoms with van der Waals surface area (Å²) in [5, 5.41) is 3.02. The number of hydrogen-bond acceptors (Lipinski definition) is 3. The molecule has 3 rings (SSSR count). The highest BCUT2D eigenvalue weighted by Gasteiger charge is 2.36. The van der Waals surface area contributed by atoms with Gasteiger partial charge in [-0.05, 0) is 38.1 Å². The van der Waals surface area contributed by atoms with E-state index in [0.29, 0.717) is 5.41 Å². The van der Waals surface area contributed by atoms with E-state index in [1.54, 1.807) is 0 Å². The molecule has 2 aliphatic rings. The minimum atomic E-state index is 0.145. The van der Waals surface area contributed by atoms with E-state index >= 15 is 0 Å². The summed E-state index contributed by atoms with van der Waals surface area (Å²) in [4.78, 5) is 14.8. The van der Waals surface area contributed by atoms with E-state index in [1.165, 1.54) is 0 Å². The lowest BCUT2D eigenvalue weighted by molar-refractivity contribution is -0.125. The zero-order chi connectivity index (χ0) is 14.7. The summed E-state index contributed by atoms with van der Waals surface area (Å²) >= 11 is 0. The van der Waals surface area contributed by atoms with Crippen LogP contribution in [0.4, 0.5) is 5.69 Å². The van der Waals surface area contributed by atoms with Crippen molar-refractivity contribution in [3.63, 3.8) is 0 Å². The predicted octanol–water partition coefficient (Wildman–Crippen LogP) is 2.37. The summed E-state index contributed by atoms with van der Waals surface area (Å²) in [6, 6.07) is 9.72. The normalized spacial score (nSPS) is 22.5. The first-order chi connectivity index (χ1) is 10.1. The number of nitrogens with one attached hydrogen (secondary N) is 1. The molecule has 0 bridgehead atoms. The van der Waals surface area contributed by atoms with Gasteiger partial charge < -0.3 is 15.0 Å². The van der Waals surface area contributed by atoms with Crippen LogP contribution in [0.5, 0.6) is 0 Å². The molecule has 2 fully saturated rings. The maximum absolute atomic E-state index is 12.3. The lowest BCUT2D eigenvalue weighted by Crippen LogP contribution is -2.51. The van der Waals surface area contributed by atoms with E-state index in [4.69, 9.17) is 4.74 Å². The van der Waals surface area contributed by atoms with Gasteiger partial charge in [0.1, 0.15) is 0 Å². The van der Waals surface area contributed by atoms with Crippen molar-refractivity contribution in [1.82, 2.24) is 4.90 Å². The third-order valence-corrected chi connectivity index (χ3v) is 4.51. The summed E-state index contributed by atoms with van der Waals surface area (Å²) in [6.07, 6.45) is 1.91. The summed E-state index contributed by atoms with van der Waals surface area (Å²) in [5.74, 6) is 0.311. The second kappa shape index (κ2) is 6.16. The third kappa shape index (κ3) is 3.63. The summed E-state index contributed by atoms with van der Waals surface area (Å²) in [6.45, 7) is 7.17. The van der Waals surface area contributed by atoms with E-state index in [1.807, 2.05) is 30.3 Å². The molecule has 1 aromatic carbocycles. The number of piperidine rings is 1. The van der Waals surface area contributed by atoms with Gasteiger partial charge >= 0.3 is 0 Å². The number of rotatable bonds is 4. The second-order valence-corrected chi connectivity index (χ2v) is 6.71. The standard InChI is InChI=1S/C17H24N2O2/c1-17(12-21-13-17)11-19-9-7-14(8-10-19)16(20)18-15-5-3-2-4-6-15/h2-6,14H,7-13H2,1H3,(H,18,20). The zero-order valence-corrected chi connectivity index (χ0v) is 12.7. The van der Waals surface area contributed by atoms with E-state index in [9.17, 15) is 4.79 Å². The second-order valence-electron chi connectivity index (χ2n) is 6.71. The van der Waals surface area contributed by atoms with Gasteiger partial charge in [-0.2, -0.15) is 0 Å². The minimum absolute atomic E-state index is 0.145. The number of likely N-dealkylation sites (tertiary alicyclic amines) is 1. The monoisotopic (exact) mass is 288 g/mol.